The lowest BCUT2D eigenvalue weighted by atomic mass is 10.2. The number of benzene rings is 1. The maximum atomic E-state index is 10.9. The van der Waals surface area contributed by atoms with E-state index in [-0.39, 0.29) is 5.56 Å². The second-order valence-electron chi connectivity index (χ2n) is 4.11. The predicted octanol–water partition coefficient (Wildman–Crippen LogP) is 3.63. The molecular weight excluding hydrogens is 301 g/mol. The number of aromatic amines is 1. The van der Waals surface area contributed by atoms with E-state index < -0.39 is 5.97 Å². The molecule has 2 heterocycles. The first kappa shape index (κ1) is 12.9. The molecule has 3 aromatic rings. The molecule has 0 atom stereocenters. The molecule has 3 rings (SSSR count). The second kappa shape index (κ2) is 4.77. The van der Waals surface area contributed by atoms with Crippen LogP contribution in [0.3, 0.4) is 0 Å². The molecule has 20 heavy (non-hydrogen) atoms. The highest BCUT2D eigenvalue weighted by Gasteiger charge is 2.12. The van der Waals surface area contributed by atoms with E-state index >= 15 is 0 Å². The number of pyridine rings is 1. The van der Waals surface area contributed by atoms with Crippen molar-refractivity contribution >= 4 is 40.3 Å². The Hall–Kier alpha value is -2.11. The van der Waals surface area contributed by atoms with Crippen molar-refractivity contribution in [3.63, 3.8) is 0 Å². The molecule has 0 spiro atoms. The Morgan fingerprint density at radius 1 is 1.25 bits per heavy atom. The molecule has 5 nitrogen and oxygen atoms in total. The lowest BCUT2D eigenvalue weighted by Crippen LogP contribution is -1.96. The molecule has 2 N–H and O–H groups in total. The highest BCUT2D eigenvalue weighted by atomic mass is 35.5. The van der Waals surface area contributed by atoms with Gasteiger partial charge in [-0.1, -0.05) is 23.2 Å². The zero-order valence-corrected chi connectivity index (χ0v) is 11.4. The SMILES string of the molecule is O=C(O)c1cnc2nc(-c3ccc(Cl)cc3Cl)[nH]c2c1. The van der Waals surface area contributed by atoms with Gasteiger partial charge in [-0.2, -0.15) is 0 Å². The van der Waals surface area contributed by atoms with Gasteiger partial charge in [0.25, 0.3) is 0 Å². The van der Waals surface area contributed by atoms with Crippen LogP contribution in [0.15, 0.2) is 30.5 Å². The fourth-order valence-electron chi connectivity index (χ4n) is 1.83. The van der Waals surface area contributed by atoms with E-state index in [1.165, 1.54) is 12.3 Å². The Balaban J connectivity index is 2.15. The summed E-state index contributed by atoms with van der Waals surface area (Å²) in [4.78, 5) is 22.2. The fraction of sp³-hybridized carbons (Fsp3) is 0. The Kier molecular flexibility index (Phi) is 3.08. The number of hydrogen-bond donors (Lipinski definition) is 2. The number of hydrogen-bond acceptors (Lipinski definition) is 3. The number of aromatic carboxylic acids is 1. The van der Waals surface area contributed by atoms with Gasteiger partial charge in [0.15, 0.2) is 5.65 Å². The number of carboxylic acid groups (broad SMARTS) is 1. The molecule has 0 amide bonds. The third-order valence-corrected chi connectivity index (χ3v) is 3.32. The van der Waals surface area contributed by atoms with E-state index in [0.29, 0.717) is 32.6 Å². The van der Waals surface area contributed by atoms with Crippen LogP contribution < -0.4 is 0 Å². The molecule has 0 unspecified atom stereocenters. The van der Waals surface area contributed by atoms with Gasteiger partial charge >= 0.3 is 5.97 Å². The number of imidazole rings is 1. The summed E-state index contributed by atoms with van der Waals surface area (Å²) < 4.78 is 0. The summed E-state index contributed by atoms with van der Waals surface area (Å²) in [5, 5.41) is 9.92. The van der Waals surface area contributed by atoms with Gasteiger partial charge in [0.05, 0.1) is 16.1 Å². The Morgan fingerprint density at radius 3 is 2.75 bits per heavy atom. The van der Waals surface area contributed by atoms with Crippen LogP contribution in [0, 0.1) is 0 Å². The molecular formula is C13H7Cl2N3O2. The van der Waals surface area contributed by atoms with Gasteiger partial charge in [-0.05, 0) is 24.3 Å². The first-order valence-electron chi connectivity index (χ1n) is 5.59. The topological polar surface area (TPSA) is 78.9 Å². The molecule has 0 aliphatic carbocycles. The number of rotatable bonds is 2. The zero-order chi connectivity index (χ0) is 14.3. The van der Waals surface area contributed by atoms with Crippen molar-refractivity contribution in [3.05, 3.63) is 46.1 Å². The van der Waals surface area contributed by atoms with Crippen molar-refractivity contribution in [1.29, 1.82) is 0 Å². The minimum Gasteiger partial charge on any atom is -0.478 e. The van der Waals surface area contributed by atoms with Crippen LogP contribution in [0.1, 0.15) is 10.4 Å². The van der Waals surface area contributed by atoms with Crippen LogP contribution in [-0.4, -0.2) is 26.0 Å². The number of carboxylic acids is 1. The maximum absolute atomic E-state index is 10.9. The van der Waals surface area contributed by atoms with Crippen LogP contribution in [0.5, 0.6) is 0 Å². The third kappa shape index (κ3) is 2.21. The highest BCUT2D eigenvalue weighted by molar-refractivity contribution is 6.36. The lowest BCUT2D eigenvalue weighted by molar-refractivity contribution is 0.0696. The van der Waals surface area contributed by atoms with Crippen molar-refractivity contribution < 1.29 is 9.90 Å². The van der Waals surface area contributed by atoms with Gasteiger partial charge in [0, 0.05) is 16.8 Å². The normalized spacial score (nSPS) is 10.9. The number of carbonyl (C=O) groups is 1. The molecule has 0 saturated carbocycles. The van der Waals surface area contributed by atoms with Crippen LogP contribution in [0.4, 0.5) is 0 Å². The van der Waals surface area contributed by atoms with E-state index in [0.717, 1.165) is 0 Å². The van der Waals surface area contributed by atoms with E-state index in [9.17, 15) is 4.79 Å². The minimum atomic E-state index is -1.04. The summed E-state index contributed by atoms with van der Waals surface area (Å²) in [5.41, 5.74) is 1.72. The largest absolute Gasteiger partial charge is 0.478 e. The molecule has 1 aromatic carbocycles. The molecule has 0 radical (unpaired) electrons. The zero-order valence-electron chi connectivity index (χ0n) is 9.89. The van der Waals surface area contributed by atoms with Crippen LogP contribution in [0.2, 0.25) is 10.0 Å². The Bertz CT molecular complexity index is 830. The standard InChI is InChI=1S/C13H7Cl2N3O2/c14-7-1-2-8(9(15)4-7)11-17-10-3-6(13(19)20)5-16-12(10)18-11/h1-5H,(H,19,20)(H,16,17,18). The van der Waals surface area contributed by atoms with Crippen molar-refractivity contribution in [2.45, 2.75) is 0 Å². The van der Waals surface area contributed by atoms with Gasteiger partial charge in [0.1, 0.15) is 5.82 Å². The lowest BCUT2D eigenvalue weighted by Gasteiger charge is -2.00. The molecule has 0 aliphatic rings. The number of halogens is 2. The summed E-state index contributed by atoms with van der Waals surface area (Å²) in [6.45, 7) is 0. The van der Waals surface area contributed by atoms with E-state index in [1.54, 1.807) is 18.2 Å². The summed E-state index contributed by atoms with van der Waals surface area (Å²) >= 11 is 12.0. The molecule has 0 aliphatic heterocycles. The molecule has 0 saturated heterocycles. The molecule has 0 fully saturated rings. The number of aromatic nitrogens is 3. The molecule has 7 heteroatoms. The first-order valence-corrected chi connectivity index (χ1v) is 6.34. The van der Waals surface area contributed by atoms with E-state index in [1.807, 2.05) is 0 Å². The average Bonchev–Trinajstić information content (AvgIpc) is 2.80. The van der Waals surface area contributed by atoms with Gasteiger partial charge < -0.3 is 10.1 Å². The van der Waals surface area contributed by atoms with Crippen molar-refractivity contribution in [2.24, 2.45) is 0 Å². The second-order valence-corrected chi connectivity index (χ2v) is 4.95. The van der Waals surface area contributed by atoms with Gasteiger partial charge in [0.2, 0.25) is 0 Å². The monoisotopic (exact) mass is 307 g/mol. The van der Waals surface area contributed by atoms with Crippen molar-refractivity contribution in [2.75, 3.05) is 0 Å². The quantitative estimate of drug-likeness (QED) is 0.757. The summed E-state index contributed by atoms with van der Waals surface area (Å²) in [7, 11) is 0. The Labute approximate surface area is 123 Å². The molecule has 2 aromatic heterocycles. The third-order valence-electron chi connectivity index (χ3n) is 2.77. The average molecular weight is 308 g/mol. The van der Waals surface area contributed by atoms with Crippen LogP contribution >= 0.6 is 23.2 Å². The predicted molar refractivity (Wildman–Crippen MR) is 76.3 cm³/mol. The van der Waals surface area contributed by atoms with Gasteiger partial charge in [-0.25, -0.2) is 14.8 Å². The van der Waals surface area contributed by atoms with Gasteiger partial charge in [-0.15, -0.1) is 0 Å². The van der Waals surface area contributed by atoms with Crippen LogP contribution in [-0.2, 0) is 0 Å². The smallest absolute Gasteiger partial charge is 0.337 e. The summed E-state index contributed by atoms with van der Waals surface area (Å²) in [6, 6.07) is 6.53. The van der Waals surface area contributed by atoms with E-state index in [4.69, 9.17) is 28.3 Å². The number of nitrogens with one attached hydrogen (secondary N) is 1. The van der Waals surface area contributed by atoms with Crippen molar-refractivity contribution in [3.8, 4) is 11.4 Å². The number of fused-ring (bicyclic) bond motifs is 1. The molecule has 0 bridgehead atoms. The summed E-state index contributed by atoms with van der Waals surface area (Å²) in [5.74, 6) is -0.531. The van der Waals surface area contributed by atoms with Crippen LogP contribution in [0.25, 0.3) is 22.6 Å². The number of H-pyrrole nitrogens is 1. The molecule has 100 valence electrons. The van der Waals surface area contributed by atoms with E-state index in [2.05, 4.69) is 15.0 Å². The highest BCUT2D eigenvalue weighted by Crippen LogP contribution is 2.29. The number of nitrogens with zero attached hydrogens (tertiary/aromatic N) is 2. The Morgan fingerprint density at radius 2 is 2.05 bits per heavy atom. The fourth-order valence-corrected chi connectivity index (χ4v) is 2.32. The maximum Gasteiger partial charge on any atom is 0.337 e. The first-order chi connectivity index (χ1) is 9.54. The summed E-state index contributed by atoms with van der Waals surface area (Å²) in [6.07, 6.45) is 1.26. The van der Waals surface area contributed by atoms with Gasteiger partial charge in [-0.3, -0.25) is 0 Å². The minimum absolute atomic E-state index is 0.0925. The van der Waals surface area contributed by atoms with Crippen molar-refractivity contribution in [1.82, 2.24) is 15.0 Å².